The molecule has 1 spiro atoms. The fourth-order valence-electron chi connectivity index (χ4n) is 3.83. The van der Waals surface area contributed by atoms with E-state index in [0.29, 0.717) is 18.5 Å². The summed E-state index contributed by atoms with van der Waals surface area (Å²) >= 11 is 0. The zero-order chi connectivity index (χ0) is 23.4. The first-order chi connectivity index (χ1) is 15.3. The molecule has 0 unspecified atom stereocenters. The van der Waals surface area contributed by atoms with Crippen molar-refractivity contribution < 1.29 is 22.7 Å². The number of benzene rings is 1. The van der Waals surface area contributed by atoms with Gasteiger partial charge in [-0.1, -0.05) is 50.8 Å². The topological polar surface area (TPSA) is 42.4 Å². The van der Waals surface area contributed by atoms with Crippen molar-refractivity contribution >= 4 is 17.4 Å². The number of piperidine rings is 1. The van der Waals surface area contributed by atoms with Gasteiger partial charge in [-0.3, -0.25) is 0 Å². The number of halogens is 3. The predicted molar refractivity (Wildman–Crippen MR) is 119 cm³/mol. The number of alkyl halides is 3. The SMILES string of the molecule is C=C(c1ccc(C(=O)OCc2ccccc2)c(N2CCC3(CC2)CC3)n1)C(F)(F)F.CC. The van der Waals surface area contributed by atoms with Crippen LogP contribution in [0.2, 0.25) is 0 Å². The van der Waals surface area contributed by atoms with E-state index in [1.54, 1.807) is 0 Å². The Labute approximate surface area is 187 Å². The molecule has 4 nitrogen and oxygen atoms in total. The fourth-order valence-corrected chi connectivity index (χ4v) is 3.83. The van der Waals surface area contributed by atoms with Gasteiger partial charge in [-0.15, -0.1) is 0 Å². The Morgan fingerprint density at radius 1 is 1.06 bits per heavy atom. The Bertz CT molecular complexity index is 943. The Balaban J connectivity index is 0.00000141. The summed E-state index contributed by atoms with van der Waals surface area (Å²) in [6.07, 6.45) is -0.273. The molecule has 32 heavy (non-hydrogen) atoms. The summed E-state index contributed by atoms with van der Waals surface area (Å²) in [5.41, 5.74) is 0.0948. The molecule has 0 N–H and O–H groups in total. The van der Waals surface area contributed by atoms with Crippen LogP contribution in [0.25, 0.3) is 5.57 Å². The van der Waals surface area contributed by atoms with Gasteiger partial charge in [-0.05, 0) is 48.8 Å². The molecular weight excluding hydrogens is 417 g/mol. The molecule has 2 aromatic rings. The number of anilines is 1. The van der Waals surface area contributed by atoms with Gasteiger partial charge in [0.2, 0.25) is 0 Å². The first-order valence-corrected chi connectivity index (χ1v) is 11.0. The van der Waals surface area contributed by atoms with E-state index >= 15 is 0 Å². The highest BCUT2D eigenvalue weighted by Gasteiger charge is 2.45. The van der Waals surface area contributed by atoms with Crippen LogP contribution in [0.4, 0.5) is 19.0 Å². The summed E-state index contributed by atoms with van der Waals surface area (Å²) in [6.45, 7) is 8.55. The zero-order valence-electron chi connectivity index (χ0n) is 18.5. The van der Waals surface area contributed by atoms with Gasteiger partial charge in [-0.2, -0.15) is 13.2 Å². The number of pyridine rings is 1. The minimum absolute atomic E-state index is 0.0826. The van der Waals surface area contributed by atoms with Crippen molar-refractivity contribution in [3.05, 3.63) is 65.9 Å². The fraction of sp³-hybridized carbons (Fsp3) is 0.440. The average Bonchev–Trinajstić information content (AvgIpc) is 3.57. The number of hydrogen-bond acceptors (Lipinski definition) is 4. The summed E-state index contributed by atoms with van der Waals surface area (Å²) in [5.74, 6) is -0.358. The number of carbonyl (C=O) groups excluding carboxylic acids is 1. The molecule has 0 atom stereocenters. The highest BCUT2D eigenvalue weighted by atomic mass is 19.4. The van der Waals surface area contributed by atoms with Crippen LogP contribution in [0.15, 0.2) is 49.0 Å². The first-order valence-electron chi connectivity index (χ1n) is 11.0. The third kappa shape index (κ3) is 5.50. The molecule has 7 heteroatoms. The van der Waals surface area contributed by atoms with Crippen molar-refractivity contribution in [3.63, 3.8) is 0 Å². The summed E-state index contributed by atoms with van der Waals surface area (Å²) < 4.78 is 44.8. The number of carbonyl (C=O) groups is 1. The molecule has 172 valence electrons. The Hall–Kier alpha value is -2.83. The summed E-state index contributed by atoms with van der Waals surface area (Å²) in [4.78, 5) is 18.9. The van der Waals surface area contributed by atoms with E-state index in [1.165, 1.54) is 25.0 Å². The molecule has 1 saturated carbocycles. The maximum Gasteiger partial charge on any atom is 0.417 e. The average molecular weight is 447 g/mol. The second-order valence-corrected chi connectivity index (χ2v) is 8.09. The first kappa shape index (κ1) is 23.8. The molecule has 1 aromatic carbocycles. The molecule has 1 aromatic heterocycles. The Morgan fingerprint density at radius 3 is 2.25 bits per heavy atom. The smallest absolute Gasteiger partial charge is 0.417 e. The minimum Gasteiger partial charge on any atom is -0.457 e. The van der Waals surface area contributed by atoms with Crippen LogP contribution in [-0.4, -0.2) is 30.2 Å². The molecule has 4 rings (SSSR count). The molecule has 2 aliphatic rings. The lowest BCUT2D eigenvalue weighted by molar-refractivity contribution is -0.0688. The van der Waals surface area contributed by atoms with Crippen LogP contribution < -0.4 is 4.90 Å². The summed E-state index contributed by atoms with van der Waals surface area (Å²) in [7, 11) is 0. The van der Waals surface area contributed by atoms with Gasteiger partial charge in [0.05, 0.1) is 11.3 Å². The van der Waals surface area contributed by atoms with Gasteiger partial charge in [0.25, 0.3) is 0 Å². The van der Waals surface area contributed by atoms with Crippen molar-refractivity contribution in [2.75, 3.05) is 18.0 Å². The predicted octanol–water partition coefficient (Wildman–Crippen LogP) is 6.42. The molecule has 0 radical (unpaired) electrons. The molecule has 0 bridgehead atoms. The second kappa shape index (κ2) is 9.76. The van der Waals surface area contributed by atoms with E-state index in [-0.39, 0.29) is 23.7 Å². The number of esters is 1. The molecule has 1 aliphatic carbocycles. The monoisotopic (exact) mass is 446 g/mol. The maximum atomic E-state index is 13.1. The van der Waals surface area contributed by atoms with Crippen LogP contribution in [-0.2, 0) is 11.3 Å². The van der Waals surface area contributed by atoms with Gasteiger partial charge in [-0.25, -0.2) is 9.78 Å². The third-order valence-corrected chi connectivity index (χ3v) is 6.04. The molecule has 2 fully saturated rings. The largest absolute Gasteiger partial charge is 0.457 e. The van der Waals surface area contributed by atoms with Crippen LogP contribution in [0.1, 0.15) is 61.1 Å². The lowest BCUT2D eigenvalue weighted by atomic mass is 9.93. The van der Waals surface area contributed by atoms with E-state index in [0.717, 1.165) is 18.4 Å². The number of aromatic nitrogens is 1. The van der Waals surface area contributed by atoms with Gasteiger partial charge in [0.15, 0.2) is 0 Å². The van der Waals surface area contributed by atoms with Gasteiger partial charge in [0, 0.05) is 13.1 Å². The number of nitrogens with zero attached hydrogens (tertiary/aromatic N) is 2. The Kier molecular flexibility index (Phi) is 7.26. The molecular formula is C25H29F3N2O2. The molecule has 2 heterocycles. The van der Waals surface area contributed by atoms with Crippen molar-refractivity contribution in [3.8, 4) is 0 Å². The van der Waals surface area contributed by atoms with E-state index < -0.39 is 17.7 Å². The standard InChI is InChI=1S/C23H23F3N2O2.C2H6/c1-16(23(24,25)26)19-8-7-18(21(29)30-15-17-5-3-2-4-6-17)20(27-19)28-13-11-22(9-10-22)12-14-28;1-2/h2-8H,1,9-15H2;1-2H3. The van der Waals surface area contributed by atoms with E-state index in [4.69, 9.17) is 4.74 Å². The van der Waals surface area contributed by atoms with E-state index in [9.17, 15) is 18.0 Å². The molecule has 1 aliphatic heterocycles. The third-order valence-electron chi connectivity index (χ3n) is 6.04. The molecule has 0 amide bonds. The van der Waals surface area contributed by atoms with Crippen LogP contribution >= 0.6 is 0 Å². The van der Waals surface area contributed by atoms with E-state index in [2.05, 4.69) is 11.6 Å². The number of allylic oxidation sites excluding steroid dienone is 1. The zero-order valence-corrected chi connectivity index (χ0v) is 18.5. The van der Waals surface area contributed by atoms with Crippen LogP contribution in [0.3, 0.4) is 0 Å². The normalized spacial score (nSPS) is 16.7. The highest BCUT2D eigenvalue weighted by Crippen LogP contribution is 2.54. The van der Waals surface area contributed by atoms with Crippen molar-refractivity contribution in [2.45, 2.75) is 52.3 Å². The number of hydrogen-bond donors (Lipinski definition) is 0. The van der Waals surface area contributed by atoms with Gasteiger partial charge in [0.1, 0.15) is 18.0 Å². The van der Waals surface area contributed by atoms with Crippen LogP contribution in [0.5, 0.6) is 0 Å². The van der Waals surface area contributed by atoms with Gasteiger partial charge < -0.3 is 9.64 Å². The minimum atomic E-state index is -4.58. The van der Waals surface area contributed by atoms with Crippen molar-refractivity contribution in [2.24, 2.45) is 5.41 Å². The summed E-state index contributed by atoms with van der Waals surface area (Å²) in [6, 6.07) is 11.8. The number of ether oxygens (including phenoxy) is 1. The lowest BCUT2D eigenvalue weighted by Crippen LogP contribution is -2.36. The van der Waals surface area contributed by atoms with Crippen molar-refractivity contribution in [1.29, 1.82) is 0 Å². The highest BCUT2D eigenvalue weighted by molar-refractivity contribution is 5.95. The van der Waals surface area contributed by atoms with Crippen LogP contribution in [0, 0.1) is 5.41 Å². The maximum absolute atomic E-state index is 13.1. The quantitative estimate of drug-likeness (QED) is 0.497. The van der Waals surface area contributed by atoms with Crippen molar-refractivity contribution in [1.82, 2.24) is 4.98 Å². The Morgan fingerprint density at radius 2 is 1.69 bits per heavy atom. The molecule has 1 saturated heterocycles. The second-order valence-electron chi connectivity index (χ2n) is 8.09. The number of rotatable bonds is 5. The van der Waals surface area contributed by atoms with Gasteiger partial charge >= 0.3 is 12.1 Å². The summed E-state index contributed by atoms with van der Waals surface area (Å²) in [5, 5.41) is 0. The van der Waals surface area contributed by atoms with E-state index in [1.807, 2.05) is 49.1 Å². The lowest BCUT2D eigenvalue weighted by Gasteiger charge is -2.34.